The van der Waals surface area contributed by atoms with Crippen LogP contribution in [0.15, 0.2) is 24.3 Å². The number of carbonyl (C=O) groups is 2. The van der Waals surface area contributed by atoms with Crippen LogP contribution in [0.4, 0.5) is 0 Å². The van der Waals surface area contributed by atoms with Gasteiger partial charge in [0.15, 0.2) is 0 Å². The third-order valence-corrected chi connectivity index (χ3v) is 3.57. The lowest BCUT2D eigenvalue weighted by Crippen LogP contribution is -2.32. The number of rotatable bonds is 6. The molecule has 0 saturated heterocycles. The molecular formula is C16H24N2O2. The Morgan fingerprint density at radius 3 is 2.15 bits per heavy atom. The number of nitrogens with one attached hydrogen (secondary N) is 1. The Labute approximate surface area is 121 Å². The van der Waals surface area contributed by atoms with E-state index in [1.165, 1.54) is 0 Å². The third-order valence-electron chi connectivity index (χ3n) is 3.57. The fourth-order valence-electron chi connectivity index (χ4n) is 2.21. The summed E-state index contributed by atoms with van der Waals surface area (Å²) in [5.74, 6) is 0.188. The molecule has 1 rings (SSSR count). The maximum atomic E-state index is 12.2. The molecule has 110 valence electrons. The van der Waals surface area contributed by atoms with Gasteiger partial charge in [-0.25, -0.2) is 0 Å². The van der Waals surface area contributed by atoms with Gasteiger partial charge < -0.3 is 10.2 Å². The van der Waals surface area contributed by atoms with Crippen molar-refractivity contribution in [2.75, 3.05) is 14.1 Å². The van der Waals surface area contributed by atoms with Crippen LogP contribution >= 0.6 is 0 Å². The average Bonchev–Trinajstić information content (AvgIpc) is 2.48. The van der Waals surface area contributed by atoms with Gasteiger partial charge in [-0.1, -0.05) is 26.0 Å². The fraction of sp³-hybridized carbons (Fsp3) is 0.500. The van der Waals surface area contributed by atoms with Crippen LogP contribution in [0.25, 0.3) is 0 Å². The Hall–Kier alpha value is -1.84. The van der Waals surface area contributed by atoms with Crippen LogP contribution in [0.1, 0.15) is 42.6 Å². The second-order valence-electron chi connectivity index (χ2n) is 4.98. The topological polar surface area (TPSA) is 49.4 Å². The Balaban J connectivity index is 2.69. The van der Waals surface area contributed by atoms with Crippen LogP contribution in [0.2, 0.25) is 0 Å². The first kappa shape index (κ1) is 16.2. The summed E-state index contributed by atoms with van der Waals surface area (Å²) >= 11 is 0. The van der Waals surface area contributed by atoms with E-state index in [0.29, 0.717) is 12.1 Å². The molecule has 1 aromatic rings. The standard InChI is InChI=1S/C16H24N2O2/c1-5-13(6-2)16(20)18(4)11-12-7-9-14(10-8-12)15(19)17-3/h7-10,13H,5-6,11H2,1-4H3,(H,17,19). The highest BCUT2D eigenvalue weighted by Crippen LogP contribution is 2.14. The Kier molecular flexibility index (Phi) is 6.22. The summed E-state index contributed by atoms with van der Waals surface area (Å²) in [5, 5.41) is 2.59. The van der Waals surface area contributed by atoms with Crippen LogP contribution in [-0.4, -0.2) is 30.8 Å². The molecule has 0 spiro atoms. The molecule has 0 bridgehead atoms. The molecule has 20 heavy (non-hydrogen) atoms. The highest BCUT2D eigenvalue weighted by Gasteiger charge is 2.18. The van der Waals surface area contributed by atoms with Crippen molar-refractivity contribution in [3.05, 3.63) is 35.4 Å². The molecule has 0 aliphatic rings. The molecule has 2 amide bonds. The van der Waals surface area contributed by atoms with Gasteiger partial charge in [-0.2, -0.15) is 0 Å². The quantitative estimate of drug-likeness (QED) is 0.867. The normalized spacial score (nSPS) is 10.4. The van der Waals surface area contributed by atoms with Crippen molar-refractivity contribution in [1.82, 2.24) is 10.2 Å². The first-order chi connectivity index (χ1) is 9.53. The second-order valence-corrected chi connectivity index (χ2v) is 4.98. The number of hydrogen-bond donors (Lipinski definition) is 1. The number of benzene rings is 1. The highest BCUT2D eigenvalue weighted by atomic mass is 16.2. The number of carbonyl (C=O) groups excluding carboxylic acids is 2. The van der Waals surface area contributed by atoms with Crippen LogP contribution in [0, 0.1) is 5.92 Å². The maximum Gasteiger partial charge on any atom is 0.251 e. The third kappa shape index (κ3) is 4.08. The van der Waals surface area contributed by atoms with E-state index in [2.05, 4.69) is 5.32 Å². The largest absolute Gasteiger partial charge is 0.355 e. The van der Waals surface area contributed by atoms with E-state index < -0.39 is 0 Å². The fourth-order valence-corrected chi connectivity index (χ4v) is 2.21. The highest BCUT2D eigenvalue weighted by molar-refractivity contribution is 5.93. The summed E-state index contributed by atoms with van der Waals surface area (Å²) in [5.41, 5.74) is 1.66. The minimum atomic E-state index is -0.0991. The lowest BCUT2D eigenvalue weighted by atomic mass is 10.0. The predicted molar refractivity (Wildman–Crippen MR) is 80.4 cm³/mol. The molecule has 0 heterocycles. The Morgan fingerprint density at radius 2 is 1.70 bits per heavy atom. The molecule has 4 heteroatoms. The summed E-state index contributed by atoms with van der Waals surface area (Å²) < 4.78 is 0. The van der Waals surface area contributed by atoms with Gasteiger partial charge in [0, 0.05) is 32.1 Å². The zero-order valence-corrected chi connectivity index (χ0v) is 12.8. The number of hydrogen-bond acceptors (Lipinski definition) is 2. The van der Waals surface area contributed by atoms with Gasteiger partial charge in [0.2, 0.25) is 5.91 Å². The molecule has 0 saturated carbocycles. The second kappa shape index (κ2) is 7.68. The summed E-state index contributed by atoms with van der Waals surface area (Å²) in [6.45, 7) is 4.65. The average molecular weight is 276 g/mol. The van der Waals surface area contributed by atoms with Gasteiger partial charge in [-0.05, 0) is 30.5 Å². The first-order valence-electron chi connectivity index (χ1n) is 7.09. The van der Waals surface area contributed by atoms with Crippen LogP contribution in [0.5, 0.6) is 0 Å². The van der Waals surface area contributed by atoms with Gasteiger partial charge in [-0.15, -0.1) is 0 Å². The van der Waals surface area contributed by atoms with E-state index in [1.807, 2.05) is 33.0 Å². The van der Waals surface area contributed by atoms with Crippen molar-refractivity contribution in [3.8, 4) is 0 Å². The van der Waals surface area contributed by atoms with Crippen molar-refractivity contribution in [2.24, 2.45) is 5.92 Å². The van der Waals surface area contributed by atoms with Crippen LogP contribution in [-0.2, 0) is 11.3 Å². The predicted octanol–water partition coefficient (Wildman–Crippen LogP) is 2.44. The molecule has 0 aliphatic carbocycles. The number of amides is 2. The van der Waals surface area contributed by atoms with Gasteiger partial charge >= 0.3 is 0 Å². The molecule has 0 fully saturated rings. The molecule has 4 nitrogen and oxygen atoms in total. The van der Waals surface area contributed by atoms with Gasteiger partial charge in [-0.3, -0.25) is 9.59 Å². The van der Waals surface area contributed by atoms with Crippen molar-refractivity contribution in [3.63, 3.8) is 0 Å². The first-order valence-corrected chi connectivity index (χ1v) is 7.09. The van der Waals surface area contributed by atoms with E-state index in [1.54, 1.807) is 24.1 Å². The van der Waals surface area contributed by atoms with Crippen molar-refractivity contribution in [1.29, 1.82) is 0 Å². The zero-order chi connectivity index (χ0) is 15.1. The van der Waals surface area contributed by atoms with Crippen LogP contribution < -0.4 is 5.32 Å². The molecule has 0 radical (unpaired) electrons. The Bertz CT molecular complexity index is 450. The van der Waals surface area contributed by atoms with Crippen LogP contribution in [0.3, 0.4) is 0 Å². The summed E-state index contributed by atoms with van der Waals surface area (Å²) in [4.78, 5) is 25.4. The molecule has 1 N–H and O–H groups in total. The molecule has 0 atom stereocenters. The summed E-state index contributed by atoms with van der Waals surface area (Å²) in [7, 11) is 3.44. The van der Waals surface area contributed by atoms with Crippen molar-refractivity contribution in [2.45, 2.75) is 33.2 Å². The maximum absolute atomic E-state index is 12.2. The molecule has 0 unspecified atom stereocenters. The minimum absolute atomic E-state index is 0.0991. The lowest BCUT2D eigenvalue weighted by Gasteiger charge is -2.22. The molecule has 0 aliphatic heterocycles. The minimum Gasteiger partial charge on any atom is -0.355 e. The van der Waals surface area contributed by atoms with Crippen molar-refractivity contribution < 1.29 is 9.59 Å². The van der Waals surface area contributed by atoms with Gasteiger partial charge in [0.1, 0.15) is 0 Å². The summed E-state index contributed by atoms with van der Waals surface area (Å²) in [6, 6.07) is 7.34. The van der Waals surface area contributed by atoms with E-state index in [9.17, 15) is 9.59 Å². The summed E-state index contributed by atoms with van der Waals surface area (Å²) in [6.07, 6.45) is 1.74. The molecular weight excluding hydrogens is 252 g/mol. The molecule has 1 aromatic carbocycles. The number of nitrogens with zero attached hydrogens (tertiary/aromatic N) is 1. The van der Waals surface area contributed by atoms with Gasteiger partial charge in [0.05, 0.1) is 0 Å². The zero-order valence-electron chi connectivity index (χ0n) is 12.8. The van der Waals surface area contributed by atoms with E-state index >= 15 is 0 Å². The Morgan fingerprint density at radius 1 is 1.15 bits per heavy atom. The van der Waals surface area contributed by atoms with E-state index in [0.717, 1.165) is 18.4 Å². The molecule has 0 aromatic heterocycles. The van der Waals surface area contributed by atoms with Gasteiger partial charge in [0.25, 0.3) is 5.91 Å². The van der Waals surface area contributed by atoms with Crippen molar-refractivity contribution >= 4 is 11.8 Å². The van der Waals surface area contributed by atoms with E-state index in [-0.39, 0.29) is 17.7 Å². The SMILES string of the molecule is CCC(CC)C(=O)N(C)Cc1ccc(C(=O)NC)cc1. The van der Waals surface area contributed by atoms with E-state index in [4.69, 9.17) is 0 Å². The smallest absolute Gasteiger partial charge is 0.251 e. The lowest BCUT2D eigenvalue weighted by molar-refractivity contribution is -0.134. The monoisotopic (exact) mass is 276 g/mol.